The van der Waals surface area contributed by atoms with Gasteiger partial charge in [-0.2, -0.15) is 0 Å². The van der Waals surface area contributed by atoms with Crippen molar-refractivity contribution in [3.05, 3.63) is 0 Å². The summed E-state index contributed by atoms with van der Waals surface area (Å²) in [6.45, 7) is 9.27. The summed E-state index contributed by atoms with van der Waals surface area (Å²) in [6, 6.07) is 0. The molecule has 0 aromatic rings. The van der Waals surface area contributed by atoms with E-state index in [2.05, 4.69) is 48.5 Å². The number of likely N-dealkylation sites (N-methyl/N-ethyl adjacent to an activating group) is 1. The van der Waals surface area contributed by atoms with Crippen molar-refractivity contribution >= 4 is 5.96 Å². The standard InChI is InChI=1S/C17H36N4O2/c1-15(2)6-10-22-13-9-19-16(18-3)20-14-17(21(4)5)7-11-23-12-8-17/h15H,6-14H2,1-5H3,(H2,18,19,20). The maximum absolute atomic E-state index is 5.62. The molecule has 1 aliphatic heterocycles. The van der Waals surface area contributed by atoms with Crippen LogP contribution in [0.5, 0.6) is 0 Å². The topological polar surface area (TPSA) is 58.1 Å². The molecule has 0 radical (unpaired) electrons. The van der Waals surface area contributed by atoms with Crippen molar-refractivity contribution in [2.45, 2.75) is 38.6 Å². The second-order valence-corrected chi connectivity index (χ2v) is 6.88. The molecule has 2 N–H and O–H groups in total. The second kappa shape index (κ2) is 10.8. The lowest BCUT2D eigenvalue weighted by molar-refractivity contribution is -0.00502. The van der Waals surface area contributed by atoms with Crippen molar-refractivity contribution < 1.29 is 9.47 Å². The maximum Gasteiger partial charge on any atom is 0.191 e. The summed E-state index contributed by atoms with van der Waals surface area (Å²) in [6.07, 6.45) is 3.20. The number of hydrogen-bond acceptors (Lipinski definition) is 4. The van der Waals surface area contributed by atoms with Crippen molar-refractivity contribution in [1.82, 2.24) is 15.5 Å². The fourth-order valence-corrected chi connectivity index (χ4v) is 2.67. The van der Waals surface area contributed by atoms with Gasteiger partial charge in [-0.25, -0.2) is 0 Å². The van der Waals surface area contributed by atoms with Crippen LogP contribution in [0.3, 0.4) is 0 Å². The van der Waals surface area contributed by atoms with Crippen LogP contribution in [0.15, 0.2) is 4.99 Å². The Morgan fingerprint density at radius 2 is 1.91 bits per heavy atom. The number of nitrogens with zero attached hydrogens (tertiary/aromatic N) is 2. The first-order valence-corrected chi connectivity index (χ1v) is 8.77. The summed E-state index contributed by atoms with van der Waals surface area (Å²) in [7, 11) is 6.10. The van der Waals surface area contributed by atoms with Crippen molar-refractivity contribution in [3.8, 4) is 0 Å². The van der Waals surface area contributed by atoms with E-state index < -0.39 is 0 Å². The normalized spacial score (nSPS) is 18.5. The molecule has 0 aromatic carbocycles. The molecule has 1 saturated heterocycles. The first-order chi connectivity index (χ1) is 11.0. The van der Waals surface area contributed by atoms with E-state index in [1.54, 1.807) is 7.05 Å². The number of rotatable bonds is 9. The molecule has 0 saturated carbocycles. The number of ether oxygens (including phenoxy) is 2. The fraction of sp³-hybridized carbons (Fsp3) is 0.941. The van der Waals surface area contributed by atoms with E-state index in [4.69, 9.17) is 9.47 Å². The van der Waals surface area contributed by atoms with Gasteiger partial charge in [-0.1, -0.05) is 13.8 Å². The molecule has 0 atom stereocenters. The fourth-order valence-electron chi connectivity index (χ4n) is 2.67. The van der Waals surface area contributed by atoms with Crippen LogP contribution in [-0.4, -0.2) is 77.1 Å². The third kappa shape index (κ3) is 7.50. The van der Waals surface area contributed by atoms with Crippen LogP contribution in [0.1, 0.15) is 33.1 Å². The molecule has 23 heavy (non-hydrogen) atoms. The summed E-state index contributed by atoms with van der Waals surface area (Å²) in [4.78, 5) is 6.61. The minimum absolute atomic E-state index is 0.142. The highest BCUT2D eigenvalue weighted by Crippen LogP contribution is 2.24. The summed E-state index contributed by atoms with van der Waals surface area (Å²) in [5.41, 5.74) is 0.142. The Bertz CT molecular complexity index is 339. The van der Waals surface area contributed by atoms with Crippen molar-refractivity contribution in [2.24, 2.45) is 10.9 Å². The minimum Gasteiger partial charge on any atom is -0.381 e. The SMILES string of the molecule is CN=C(NCCOCCC(C)C)NCC1(N(C)C)CCOCC1. The highest BCUT2D eigenvalue weighted by molar-refractivity contribution is 5.79. The van der Waals surface area contributed by atoms with Gasteiger partial charge in [-0.05, 0) is 39.3 Å². The minimum atomic E-state index is 0.142. The highest BCUT2D eigenvalue weighted by atomic mass is 16.5. The number of guanidine groups is 1. The lowest BCUT2D eigenvalue weighted by atomic mass is 9.88. The molecule has 1 heterocycles. The zero-order valence-corrected chi connectivity index (χ0v) is 15.7. The van der Waals surface area contributed by atoms with Gasteiger partial charge in [-0.3, -0.25) is 4.99 Å². The van der Waals surface area contributed by atoms with E-state index in [9.17, 15) is 0 Å². The highest BCUT2D eigenvalue weighted by Gasteiger charge is 2.34. The van der Waals surface area contributed by atoms with E-state index >= 15 is 0 Å². The Kier molecular flexibility index (Phi) is 9.52. The van der Waals surface area contributed by atoms with Gasteiger partial charge < -0.3 is 25.0 Å². The third-order valence-electron chi connectivity index (χ3n) is 4.56. The molecule has 0 aromatic heterocycles. The molecule has 6 heteroatoms. The first kappa shape index (κ1) is 20.2. The van der Waals surface area contributed by atoms with Gasteiger partial charge in [0.2, 0.25) is 0 Å². The van der Waals surface area contributed by atoms with Gasteiger partial charge in [0.1, 0.15) is 0 Å². The van der Waals surface area contributed by atoms with Crippen LogP contribution < -0.4 is 10.6 Å². The zero-order chi connectivity index (χ0) is 17.1. The predicted octanol–water partition coefficient (Wildman–Crippen LogP) is 1.32. The third-order valence-corrected chi connectivity index (χ3v) is 4.56. The molecule has 136 valence electrons. The number of hydrogen-bond donors (Lipinski definition) is 2. The Labute approximate surface area is 142 Å². The lowest BCUT2D eigenvalue weighted by Crippen LogP contribution is -2.57. The molecule has 0 amide bonds. The largest absolute Gasteiger partial charge is 0.381 e. The van der Waals surface area contributed by atoms with Crippen LogP contribution in [0.2, 0.25) is 0 Å². The second-order valence-electron chi connectivity index (χ2n) is 6.88. The summed E-state index contributed by atoms with van der Waals surface area (Å²) in [5, 5.41) is 6.77. The average molecular weight is 329 g/mol. The zero-order valence-electron chi connectivity index (χ0n) is 15.7. The Morgan fingerprint density at radius 3 is 2.48 bits per heavy atom. The molecule has 1 rings (SSSR count). The molecular weight excluding hydrogens is 292 g/mol. The van der Waals surface area contributed by atoms with E-state index in [0.717, 1.165) is 58.1 Å². The Balaban J connectivity index is 2.27. The first-order valence-electron chi connectivity index (χ1n) is 8.77. The predicted molar refractivity (Wildman–Crippen MR) is 96.1 cm³/mol. The summed E-state index contributed by atoms with van der Waals surface area (Å²) >= 11 is 0. The van der Waals surface area contributed by atoms with E-state index in [-0.39, 0.29) is 5.54 Å². The molecule has 1 fully saturated rings. The van der Waals surface area contributed by atoms with Gasteiger partial charge >= 0.3 is 0 Å². The molecule has 6 nitrogen and oxygen atoms in total. The van der Waals surface area contributed by atoms with E-state index in [1.807, 2.05) is 0 Å². The molecule has 1 aliphatic rings. The van der Waals surface area contributed by atoms with Gasteiger partial charge in [0.05, 0.1) is 6.61 Å². The van der Waals surface area contributed by atoms with Crippen LogP contribution in [0.4, 0.5) is 0 Å². The quantitative estimate of drug-likeness (QED) is 0.380. The monoisotopic (exact) mass is 328 g/mol. The summed E-state index contributed by atoms with van der Waals surface area (Å²) in [5.74, 6) is 1.53. The molecule has 0 bridgehead atoms. The van der Waals surface area contributed by atoms with Crippen LogP contribution >= 0.6 is 0 Å². The smallest absolute Gasteiger partial charge is 0.191 e. The molecule has 0 unspecified atom stereocenters. The Morgan fingerprint density at radius 1 is 1.22 bits per heavy atom. The average Bonchev–Trinajstić information content (AvgIpc) is 2.54. The van der Waals surface area contributed by atoms with Crippen LogP contribution in [-0.2, 0) is 9.47 Å². The van der Waals surface area contributed by atoms with Crippen molar-refractivity contribution in [2.75, 3.05) is 60.7 Å². The molecule has 0 spiro atoms. The van der Waals surface area contributed by atoms with Crippen LogP contribution in [0.25, 0.3) is 0 Å². The van der Waals surface area contributed by atoms with Crippen molar-refractivity contribution in [1.29, 1.82) is 0 Å². The number of aliphatic imine (C=N–C) groups is 1. The summed E-state index contributed by atoms with van der Waals surface area (Å²) < 4.78 is 11.1. The molecular formula is C17H36N4O2. The lowest BCUT2D eigenvalue weighted by Gasteiger charge is -2.43. The van der Waals surface area contributed by atoms with E-state index in [1.165, 1.54) is 0 Å². The Hall–Kier alpha value is -0.850. The maximum atomic E-state index is 5.62. The van der Waals surface area contributed by atoms with Crippen LogP contribution in [0, 0.1) is 5.92 Å². The van der Waals surface area contributed by atoms with Gasteiger partial charge in [0.15, 0.2) is 5.96 Å². The molecule has 0 aliphatic carbocycles. The van der Waals surface area contributed by atoms with E-state index in [0.29, 0.717) is 12.5 Å². The van der Waals surface area contributed by atoms with Gasteiger partial charge in [0, 0.05) is 45.5 Å². The van der Waals surface area contributed by atoms with Crippen molar-refractivity contribution in [3.63, 3.8) is 0 Å². The number of nitrogens with one attached hydrogen (secondary N) is 2. The van der Waals surface area contributed by atoms with Gasteiger partial charge in [0.25, 0.3) is 0 Å². The van der Waals surface area contributed by atoms with Gasteiger partial charge in [-0.15, -0.1) is 0 Å².